The Morgan fingerprint density at radius 3 is 2.38 bits per heavy atom. The molecule has 2 fully saturated rings. The number of hydrogen-bond donors (Lipinski definition) is 2. The van der Waals surface area contributed by atoms with E-state index in [1.165, 1.54) is 19.3 Å². The lowest BCUT2D eigenvalue weighted by Gasteiger charge is -2.35. The number of aliphatic imine (C=N–C) groups is 1. The molecule has 0 radical (unpaired) electrons. The summed E-state index contributed by atoms with van der Waals surface area (Å²) in [5.74, 6) is 2.31. The second-order valence-electron chi connectivity index (χ2n) is 7.36. The zero-order valence-corrected chi connectivity index (χ0v) is 16.0. The van der Waals surface area contributed by atoms with Crippen LogP contribution in [-0.4, -0.2) is 49.0 Å². The van der Waals surface area contributed by atoms with Gasteiger partial charge in [-0.2, -0.15) is 0 Å². The van der Waals surface area contributed by atoms with Gasteiger partial charge in [0, 0.05) is 38.1 Å². The molecule has 1 saturated carbocycles. The zero-order valence-electron chi connectivity index (χ0n) is 16.0. The van der Waals surface area contributed by atoms with Gasteiger partial charge in [-0.05, 0) is 44.4 Å². The van der Waals surface area contributed by atoms with Gasteiger partial charge in [0.05, 0.1) is 0 Å². The normalized spacial score (nSPS) is 25.0. The minimum atomic E-state index is 0.203. The maximum Gasteiger partial charge on any atom is 0.225 e. The standard InChI is InChI=1S/C19H36N4O/c1-5-8-15-13-17(15)22-19(20-4)21-16-9-11-23(12-10-16)18(24)14(6-2)7-3/h14-17H,5-13H2,1-4H3,(H2,20,21,22). The lowest BCUT2D eigenvalue weighted by molar-refractivity contribution is -0.136. The first kappa shape index (κ1) is 19.1. The molecule has 0 spiro atoms. The largest absolute Gasteiger partial charge is 0.354 e. The summed E-state index contributed by atoms with van der Waals surface area (Å²) in [6, 6.07) is 1.03. The molecule has 0 aromatic rings. The molecule has 1 aliphatic heterocycles. The first-order chi connectivity index (χ1) is 11.6. The van der Waals surface area contributed by atoms with E-state index < -0.39 is 0 Å². The van der Waals surface area contributed by atoms with Crippen LogP contribution in [0, 0.1) is 11.8 Å². The van der Waals surface area contributed by atoms with Crippen molar-refractivity contribution >= 4 is 11.9 Å². The van der Waals surface area contributed by atoms with Crippen LogP contribution in [0.3, 0.4) is 0 Å². The Morgan fingerprint density at radius 1 is 1.17 bits per heavy atom. The molecule has 1 saturated heterocycles. The molecule has 2 aliphatic rings. The van der Waals surface area contributed by atoms with Crippen LogP contribution in [0.15, 0.2) is 4.99 Å². The first-order valence-electron chi connectivity index (χ1n) is 9.91. The summed E-state index contributed by atoms with van der Waals surface area (Å²) in [6.45, 7) is 8.20. The minimum absolute atomic E-state index is 0.203. The molecule has 5 nitrogen and oxygen atoms in total. The minimum Gasteiger partial charge on any atom is -0.354 e. The van der Waals surface area contributed by atoms with Crippen molar-refractivity contribution < 1.29 is 4.79 Å². The molecule has 2 rings (SSSR count). The van der Waals surface area contributed by atoms with Crippen molar-refractivity contribution in [3.63, 3.8) is 0 Å². The highest BCUT2D eigenvalue weighted by Crippen LogP contribution is 2.34. The van der Waals surface area contributed by atoms with Crippen LogP contribution in [0.1, 0.15) is 65.7 Å². The molecular formula is C19H36N4O. The second-order valence-corrected chi connectivity index (χ2v) is 7.36. The number of carbonyl (C=O) groups excluding carboxylic acids is 1. The molecule has 1 heterocycles. The van der Waals surface area contributed by atoms with Gasteiger partial charge in [-0.3, -0.25) is 9.79 Å². The molecule has 2 N–H and O–H groups in total. The van der Waals surface area contributed by atoms with E-state index in [0.717, 1.165) is 50.7 Å². The quantitative estimate of drug-likeness (QED) is 0.555. The fourth-order valence-corrected chi connectivity index (χ4v) is 3.79. The van der Waals surface area contributed by atoms with Gasteiger partial charge >= 0.3 is 0 Å². The van der Waals surface area contributed by atoms with Gasteiger partial charge in [-0.25, -0.2) is 0 Å². The highest BCUT2D eigenvalue weighted by Gasteiger charge is 2.37. The Balaban J connectivity index is 1.73. The molecule has 0 aromatic carbocycles. The number of nitrogens with one attached hydrogen (secondary N) is 2. The number of hydrogen-bond acceptors (Lipinski definition) is 2. The molecule has 2 atom stereocenters. The van der Waals surface area contributed by atoms with Crippen LogP contribution >= 0.6 is 0 Å². The second kappa shape index (κ2) is 9.28. The van der Waals surface area contributed by atoms with Gasteiger partial charge in [0.25, 0.3) is 0 Å². The lowest BCUT2D eigenvalue weighted by atomic mass is 9.98. The lowest BCUT2D eigenvalue weighted by Crippen LogP contribution is -2.51. The van der Waals surface area contributed by atoms with Gasteiger partial charge in [0.1, 0.15) is 0 Å². The number of guanidine groups is 1. The number of rotatable bonds is 7. The number of likely N-dealkylation sites (tertiary alicyclic amines) is 1. The summed E-state index contributed by atoms with van der Waals surface area (Å²) in [6.07, 6.45) is 7.76. The average molecular weight is 337 g/mol. The van der Waals surface area contributed by atoms with Gasteiger partial charge in [0.2, 0.25) is 5.91 Å². The molecule has 138 valence electrons. The van der Waals surface area contributed by atoms with E-state index in [2.05, 4.69) is 41.3 Å². The van der Waals surface area contributed by atoms with E-state index in [4.69, 9.17) is 0 Å². The van der Waals surface area contributed by atoms with Crippen molar-refractivity contribution in [2.24, 2.45) is 16.8 Å². The van der Waals surface area contributed by atoms with Gasteiger partial charge in [0.15, 0.2) is 5.96 Å². The molecule has 1 amide bonds. The topological polar surface area (TPSA) is 56.7 Å². The summed E-state index contributed by atoms with van der Waals surface area (Å²) in [5.41, 5.74) is 0. The molecule has 24 heavy (non-hydrogen) atoms. The van der Waals surface area contributed by atoms with Crippen LogP contribution in [0.4, 0.5) is 0 Å². The van der Waals surface area contributed by atoms with E-state index in [-0.39, 0.29) is 5.92 Å². The van der Waals surface area contributed by atoms with Crippen molar-refractivity contribution in [2.45, 2.75) is 77.8 Å². The first-order valence-corrected chi connectivity index (χ1v) is 9.91. The summed E-state index contributed by atoms with van der Waals surface area (Å²) >= 11 is 0. The molecule has 2 unspecified atom stereocenters. The monoisotopic (exact) mass is 336 g/mol. The van der Waals surface area contributed by atoms with Crippen LogP contribution in [0.5, 0.6) is 0 Å². The summed E-state index contributed by atoms with van der Waals surface area (Å²) in [7, 11) is 1.85. The van der Waals surface area contributed by atoms with Crippen LogP contribution < -0.4 is 10.6 Å². The van der Waals surface area contributed by atoms with Crippen molar-refractivity contribution in [3.8, 4) is 0 Å². The third kappa shape index (κ3) is 5.12. The molecule has 1 aliphatic carbocycles. The maximum atomic E-state index is 12.5. The molecular weight excluding hydrogens is 300 g/mol. The van der Waals surface area contributed by atoms with Crippen molar-refractivity contribution in [1.82, 2.24) is 15.5 Å². The zero-order chi connectivity index (χ0) is 17.5. The van der Waals surface area contributed by atoms with Crippen molar-refractivity contribution in [3.05, 3.63) is 0 Å². The van der Waals surface area contributed by atoms with Crippen LogP contribution in [0.25, 0.3) is 0 Å². The Hall–Kier alpha value is -1.26. The Labute approximate surface area is 147 Å². The highest BCUT2D eigenvalue weighted by molar-refractivity contribution is 5.81. The Morgan fingerprint density at radius 2 is 1.83 bits per heavy atom. The Kier molecular flexibility index (Phi) is 7.38. The number of piperidine rings is 1. The third-order valence-corrected chi connectivity index (χ3v) is 5.61. The smallest absolute Gasteiger partial charge is 0.225 e. The summed E-state index contributed by atoms with van der Waals surface area (Å²) in [4.78, 5) is 18.9. The number of amides is 1. The van der Waals surface area contributed by atoms with E-state index in [1.807, 2.05) is 7.05 Å². The average Bonchev–Trinajstić information content (AvgIpc) is 3.33. The van der Waals surface area contributed by atoms with E-state index in [0.29, 0.717) is 18.0 Å². The summed E-state index contributed by atoms with van der Waals surface area (Å²) < 4.78 is 0. The number of nitrogens with zero attached hydrogens (tertiary/aromatic N) is 2. The van der Waals surface area contributed by atoms with Crippen LogP contribution in [-0.2, 0) is 4.79 Å². The third-order valence-electron chi connectivity index (χ3n) is 5.61. The van der Waals surface area contributed by atoms with Crippen molar-refractivity contribution in [2.75, 3.05) is 20.1 Å². The van der Waals surface area contributed by atoms with Crippen molar-refractivity contribution in [1.29, 1.82) is 0 Å². The fraction of sp³-hybridized carbons (Fsp3) is 0.895. The van der Waals surface area contributed by atoms with Gasteiger partial charge < -0.3 is 15.5 Å². The molecule has 0 bridgehead atoms. The SMILES string of the molecule is CCCC1CC1NC(=NC)NC1CCN(C(=O)C(CC)CC)CC1. The predicted molar refractivity (Wildman–Crippen MR) is 100 cm³/mol. The summed E-state index contributed by atoms with van der Waals surface area (Å²) in [5, 5.41) is 7.11. The highest BCUT2D eigenvalue weighted by atomic mass is 16.2. The Bertz CT molecular complexity index is 425. The van der Waals surface area contributed by atoms with Crippen LogP contribution in [0.2, 0.25) is 0 Å². The number of carbonyl (C=O) groups is 1. The predicted octanol–water partition coefficient (Wildman–Crippen LogP) is 2.77. The van der Waals surface area contributed by atoms with E-state index in [1.54, 1.807) is 0 Å². The van der Waals surface area contributed by atoms with E-state index in [9.17, 15) is 4.79 Å². The maximum absolute atomic E-state index is 12.5. The van der Waals surface area contributed by atoms with Gasteiger partial charge in [-0.15, -0.1) is 0 Å². The van der Waals surface area contributed by atoms with E-state index >= 15 is 0 Å². The fourth-order valence-electron chi connectivity index (χ4n) is 3.79. The van der Waals surface area contributed by atoms with Gasteiger partial charge in [-0.1, -0.05) is 27.2 Å². The molecule has 5 heteroatoms. The molecule has 0 aromatic heterocycles.